The first-order valence-electron chi connectivity index (χ1n) is 12.6. The van der Waals surface area contributed by atoms with Gasteiger partial charge in [-0.05, 0) is 44.1 Å². The van der Waals surface area contributed by atoms with Crippen LogP contribution in [0.1, 0.15) is 72.6 Å². The van der Waals surface area contributed by atoms with Gasteiger partial charge in [-0.25, -0.2) is 0 Å². The van der Waals surface area contributed by atoms with Gasteiger partial charge in [0, 0.05) is 51.6 Å². The molecule has 0 radical (unpaired) electrons. The molecule has 8 heteroatoms. The molecule has 9 atom stereocenters. The summed E-state index contributed by atoms with van der Waals surface area (Å²) in [6.45, 7) is 6.37. The Kier molecular flexibility index (Phi) is 5.35. The number of aliphatic hydroxyl groups excluding tert-OH is 1. The second kappa shape index (κ2) is 7.51. The Balaban J connectivity index is 1.68. The molecule has 0 aromatic heterocycles. The van der Waals surface area contributed by atoms with Crippen LogP contribution in [0.3, 0.4) is 0 Å². The normalized spacial score (nSPS) is 49.5. The van der Waals surface area contributed by atoms with Crippen LogP contribution in [0.15, 0.2) is 11.6 Å². The number of hydrogen-bond acceptors (Lipinski definition) is 8. The minimum absolute atomic E-state index is 0.190. The number of hydrogen-bond donors (Lipinski definition) is 2. The highest BCUT2D eigenvalue weighted by Gasteiger charge is 2.81. The maximum absolute atomic E-state index is 12.6. The molecule has 1 spiro atoms. The smallest absolute Gasteiger partial charge is 0.303 e. The maximum Gasteiger partial charge on any atom is 0.303 e. The molecule has 190 valence electrons. The lowest BCUT2D eigenvalue weighted by molar-refractivity contribution is -0.451. The van der Waals surface area contributed by atoms with E-state index in [0.29, 0.717) is 24.3 Å². The Morgan fingerprint density at radius 2 is 1.94 bits per heavy atom. The number of rotatable bonds is 5. The van der Waals surface area contributed by atoms with Gasteiger partial charge in [-0.15, -0.1) is 0 Å². The molecule has 3 saturated carbocycles. The Bertz CT molecular complexity index is 932. The van der Waals surface area contributed by atoms with E-state index in [2.05, 4.69) is 6.92 Å². The molecule has 6 aliphatic rings. The molecule has 0 aromatic carbocycles. The van der Waals surface area contributed by atoms with Gasteiger partial charge < -0.3 is 29.2 Å². The first-order valence-corrected chi connectivity index (χ1v) is 12.6. The summed E-state index contributed by atoms with van der Waals surface area (Å²) in [7, 11) is 1.67. The highest BCUT2D eigenvalue weighted by molar-refractivity contribution is 5.67. The summed E-state index contributed by atoms with van der Waals surface area (Å²) in [4.78, 5) is 24.2. The molecule has 4 bridgehead atoms. The third-order valence-corrected chi connectivity index (χ3v) is 10.4. The van der Waals surface area contributed by atoms with Crippen LogP contribution in [0.4, 0.5) is 0 Å². The highest BCUT2D eigenvalue weighted by atomic mass is 16.7. The van der Waals surface area contributed by atoms with Gasteiger partial charge in [0.2, 0.25) is 0 Å². The summed E-state index contributed by atoms with van der Waals surface area (Å²) in [6, 6.07) is 0. The zero-order valence-electron chi connectivity index (χ0n) is 20.9. The summed E-state index contributed by atoms with van der Waals surface area (Å²) >= 11 is 0. The lowest BCUT2D eigenvalue weighted by Gasteiger charge is -2.75. The van der Waals surface area contributed by atoms with Gasteiger partial charge in [0.1, 0.15) is 17.8 Å². The van der Waals surface area contributed by atoms with Crippen molar-refractivity contribution in [2.45, 2.75) is 102 Å². The monoisotopic (exact) mass is 478 g/mol. The van der Waals surface area contributed by atoms with Crippen molar-refractivity contribution in [2.24, 2.45) is 22.7 Å². The highest BCUT2D eigenvalue weighted by Crippen LogP contribution is 2.75. The van der Waals surface area contributed by atoms with E-state index in [1.165, 1.54) is 13.8 Å². The Morgan fingerprint density at radius 3 is 2.56 bits per heavy atom. The summed E-state index contributed by atoms with van der Waals surface area (Å²) in [6.07, 6.45) is 5.12. The van der Waals surface area contributed by atoms with Crippen LogP contribution in [0.2, 0.25) is 0 Å². The van der Waals surface area contributed by atoms with Gasteiger partial charge in [0.15, 0.2) is 5.79 Å². The molecule has 4 aliphatic carbocycles. The number of fused-ring (bicyclic) bond motifs is 3. The number of methoxy groups -OCH3 is 1. The Labute approximate surface area is 201 Å². The van der Waals surface area contributed by atoms with E-state index in [1.54, 1.807) is 14.0 Å². The second-order valence-electron chi connectivity index (χ2n) is 11.5. The molecule has 2 heterocycles. The molecule has 2 aliphatic heterocycles. The van der Waals surface area contributed by atoms with E-state index >= 15 is 0 Å². The molecule has 0 aromatic rings. The number of carbonyl (C=O) groups excluding carboxylic acids is 2. The fraction of sp³-hybridized carbons (Fsp3) is 0.846. The molecule has 2 saturated heterocycles. The van der Waals surface area contributed by atoms with Crippen LogP contribution in [0.5, 0.6) is 0 Å². The van der Waals surface area contributed by atoms with Gasteiger partial charge in [-0.3, -0.25) is 9.59 Å². The molecular weight excluding hydrogens is 440 g/mol. The molecule has 2 N–H and O–H groups in total. The summed E-state index contributed by atoms with van der Waals surface area (Å²) in [5, 5.41) is 23.4. The Morgan fingerprint density at radius 1 is 1.21 bits per heavy atom. The Hall–Kier alpha value is -1.48. The third kappa shape index (κ3) is 2.74. The fourth-order valence-electron chi connectivity index (χ4n) is 8.97. The van der Waals surface area contributed by atoms with Gasteiger partial charge >= 0.3 is 11.9 Å². The average molecular weight is 479 g/mol. The number of aliphatic hydroxyl groups is 2. The fourth-order valence-corrected chi connectivity index (χ4v) is 8.97. The zero-order valence-corrected chi connectivity index (χ0v) is 20.9. The predicted molar refractivity (Wildman–Crippen MR) is 120 cm³/mol. The third-order valence-electron chi connectivity index (χ3n) is 10.4. The molecule has 34 heavy (non-hydrogen) atoms. The van der Waals surface area contributed by atoms with Crippen LogP contribution in [-0.4, -0.2) is 65.1 Å². The van der Waals surface area contributed by atoms with Crippen molar-refractivity contribution < 1.29 is 38.7 Å². The van der Waals surface area contributed by atoms with Gasteiger partial charge in [0.05, 0.1) is 17.6 Å². The first kappa shape index (κ1) is 24.2. The van der Waals surface area contributed by atoms with E-state index in [0.717, 1.165) is 25.7 Å². The first-order chi connectivity index (χ1) is 15.9. The van der Waals surface area contributed by atoms with Crippen molar-refractivity contribution in [3.8, 4) is 0 Å². The van der Waals surface area contributed by atoms with Crippen molar-refractivity contribution in [1.29, 1.82) is 0 Å². The topological polar surface area (TPSA) is 112 Å². The van der Waals surface area contributed by atoms with Crippen molar-refractivity contribution in [2.75, 3.05) is 13.7 Å². The molecular formula is C26H38O8. The van der Waals surface area contributed by atoms with E-state index in [9.17, 15) is 19.8 Å². The standard InChI is InChI=1S/C26H38O8/c1-15(32-16(2)28)19-8-9-25(30)20-7-6-18-12-24(31-5)11-10-22(18,4)26(20,34-24)21(33-17(3)29)13-23(19,25)14-27/h8,15,18,20-21,27,30H,6-7,9-14H2,1-5H3/t15?,18?,20-,21?,22-,23-,24?,25+,26-/m0/s1. The SMILES string of the molecule is COC12CC[C@@]3(C)C(CC[C@H]4[C@]5(O)CC=C(C(C)OC(C)=O)[C@@]5(CO)CC(OC(C)=O)[C@@]43O1)C2. The average Bonchev–Trinajstić information content (AvgIpc) is 3.06. The quantitative estimate of drug-likeness (QED) is 0.458. The number of ether oxygens (including phenoxy) is 4. The molecule has 8 nitrogen and oxygen atoms in total. The number of esters is 2. The maximum atomic E-state index is 12.6. The molecule has 6 rings (SSSR count). The predicted octanol–water partition coefficient (Wildman–Crippen LogP) is 2.64. The minimum Gasteiger partial charge on any atom is -0.459 e. The summed E-state index contributed by atoms with van der Waals surface area (Å²) < 4.78 is 24.5. The second-order valence-corrected chi connectivity index (χ2v) is 11.5. The molecule has 5 fully saturated rings. The van der Waals surface area contributed by atoms with Crippen molar-refractivity contribution in [1.82, 2.24) is 0 Å². The van der Waals surface area contributed by atoms with E-state index in [-0.39, 0.29) is 24.4 Å². The minimum atomic E-state index is -1.33. The largest absolute Gasteiger partial charge is 0.459 e. The van der Waals surface area contributed by atoms with E-state index in [1.807, 2.05) is 6.08 Å². The van der Waals surface area contributed by atoms with E-state index < -0.39 is 46.6 Å². The summed E-state index contributed by atoms with van der Waals surface area (Å²) in [5.41, 5.74) is -2.99. The van der Waals surface area contributed by atoms with Crippen LogP contribution < -0.4 is 0 Å². The van der Waals surface area contributed by atoms with Gasteiger partial charge in [0.25, 0.3) is 0 Å². The lowest BCUT2D eigenvalue weighted by Crippen LogP contribution is -2.83. The van der Waals surface area contributed by atoms with Crippen molar-refractivity contribution >= 4 is 11.9 Å². The lowest BCUT2D eigenvalue weighted by atomic mass is 9.38. The van der Waals surface area contributed by atoms with Crippen LogP contribution in [0, 0.1) is 22.7 Å². The van der Waals surface area contributed by atoms with Crippen LogP contribution in [-0.2, 0) is 28.5 Å². The number of carbonyl (C=O) groups is 2. The molecule has 0 amide bonds. The van der Waals surface area contributed by atoms with Crippen molar-refractivity contribution in [3.63, 3.8) is 0 Å². The summed E-state index contributed by atoms with van der Waals surface area (Å²) in [5.74, 6) is -1.68. The van der Waals surface area contributed by atoms with Crippen molar-refractivity contribution in [3.05, 3.63) is 11.6 Å². The molecule has 4 unspecified atom stereocenters. The van der Waals surface area contributed by atoms with Gasteiger partial charge in [-0.1, -0.05) is 13.0 Å². The van der Waals surface area contributed by atoms with Crippen LogP contribution >= 0.6 is 0 Å². The van der Waals surface area contributed by atoms with Crippen LogP contribution in [0.25, 0.3) is 0 Å². The van der Waals surface area contributed by atoms with Gasteiger partial charge in [-0.2, -0.15) is 0 Å². The van der Waals surface area contributed by atoms with E-state index in [4.69, 9.17) is 18.9 Å². The zero-order chi connectivity index (χ0) is 24.7.